The van der Waals surface area contributed by atoms with Gasteiger partial charge < -0.3 is 14.4 Å². The van der Waals surface area contributed by atoms with Crippen molar-refractivity contribution in [2.24, 2.45) is 0 Å². The summed E-state index contributed by atoms with van der Waals surface area (Å²) in [5.41, 5.74) is 2.25. The maximum absolute atomic E-state index is 13.3. The molecular weight excluding hydrogens is 495 g/mol. The highest BCUT2D eigenvalue weighted by Crippen LogP contribution is 2.38. The van der Waals surface area contributed by atoms with Crippen LogP contribution < -0.4 is 9.47 Å². The van der Waals surface area contributed by atoms with Crippen LogP contribution in [0.3, 0.4) is 0 Å². The molecule has 2 aliphatic heterocycles. The number of hydrogen-bond acceptors (Lipinski definition) is 6. The minimum atomic E-state index is -0.484. The first-order valence-corrected chi connectivity index (χ1v) is 13.0. The highest BCUT2D eigenvalue weighted by Gasteiger charge is 2.37. The van der Waals surface area contributed by atoms with E-state index in [1.54, 1.807) is 35.3 Å². The lowest BCUT2D eigenvalue weighted by Crippen LogP contribution is -2.40. The first-order chi connectivity index (χ1) is 17.9. The Bertz CT molecular complexity index is 1220. The molecule has 2 fully saturated rings. The number of halogens is 1. The molecule has 0 aromatic heterocycles. The van der Waals surface area contributed by atoms with E-state index in [1.807, 2.05) is 13.0 Å². The molecule has 0 saturated carbocycles. The van der Waals surface area contributed by atoms with Crippen LogP contribution in [0.15, 0.2) is 54.0 Å². The van der Waals surface area contributed by atoms with Gasteiger partial charge in [0.05, 0.1) is 11.5 Å². The number of carbonyl (C=O) groups excluding carboxylic acids is 3. The van der Waals surface area contributed by atoms with Gasteiger partial charge in [-0.15, -0.1) is 6.58 Å². The van der Waals surface area contributed by atoms with Gasteiger partial charge in [-0.05, 0) is 79.4 Å². The number of benzene rings is 2. The van der Waals surface area contributed by atoms with Gasteiger partial charge >= 0.3 is 0 Å². The molecule has 4 rings (SSSR count). The Balaban J connectivity index is 1.57. The van der Waals surface area contributed by atoms with Crippen LogP contribution in [-0.4, -0.2) is 53.1 Å². The number of allylic oxidation sites excluding steroid dienone is 1. The zero-order valence-corrected chi connectivity index (χ0v) is 21.5. The van der Waals surface area contributed by atoms with Crippen molar-refractivity contribution < 1.29 is 28.2 Å². The van der Waals surface area contributed by atoms with Crippen molar-refractivity contribution in [3.63, 3.8) is 0 Å². The largest absolute Gasteiger partial charge is 0.490 e. The molecule has 2 aromatic carbocycles. The van der Waals surface area contributed by atoms with Crippen molar-refractivity contribution in [3.8, 4) is 11.5 Å². The fourth-order valence-corrected chi connectivity index (χ4v) is 5.06. The molecule has 7 nitrogen and oxygen atoms in total. The van der Waals surface area contributed by atoms with Crippen LogP contribution in [0.25, 0.3) is 6.08 Å². The van der Waals surface area contributed by atoms with Crippen LogP contribution in [0, 0.1) is 5.82 Å². The molecule has 0 N–H and O–H groups in total. The summed E-state index contributed by atoms with van der Waals surface area (Å²) in [5, 5.41) is -0.459. The zero-order chi connectivity index (χ0) is 26.4. The predicted octanol–water partition coefficient (Wildman–Crippen LogP) is 5.19. The number of likely N-dealkylation sites (tertiary alicyclic amines) is 1. The smallest absolute Gasteiger partial charge is 0.294 e. The minimum absolute atomic E-state index is 0.212. The van der Waals surface area contributed by atoms with Gasteiger partial charge in [-0.3, -0.25) is 19.3 Å². The van der Waals surface area contributed by atoms with Crippen molar-refractivity contribution in [1.82, 2.24) is 9.80 Å². The second-order valence-electron chi connectivity index (χ2n) is 8.70. The Hall–Kier alpha value is -3.59. The number of imide groups is 1. The van der Waals surface area contributed by atoms with Crippen LogP contribution in [0.2, 0.25) is 0 Å². The van der Waals surface area contributed by atoms with Gasteiger partial charge in [-0.2, -0.15) is 0 Å². The van der Waals surface area contributed by atoms with Crippen LogP contribution in [-0.2, 0) is 22.6 Å². The van der Waals surface area contributed by atoms with Crippen LogP contribution >= 0.6 is 11.8 Å². The highest BCUT2D eigenvalue weighted by atomic mass is 32.2. The fourth-order valence-electron chi connectivity index (χ4n) is 4.23. The van der Waals surface area contributed by atoms with Crippen molar-refractivity contribution in [2.45, 2.75) is 32.8 Å². The molecule has 0 unspecified atom stereocenters. The van der Waals surface area contributed by atoms with Gasteiger partial charge in [0.15, 0.2) is 11.5 Å². The first kappa shape index (κ1) is 26.5. The van der Waals surface area contributed by atoms with Gasteiger partial charge in [0.25, 0.3) is 11.1 Å². The summed E-state index contributed by atoms with van der Waals surface area (Å²) in [5.74, 6) is 0.00416. The fraction of sp³-hybridized carbons (Fsp3) is 0.321. The van der Waals surface area contributed by atoms with E-state index in [1.165, 1.54) is 12.1 Å². The second-order valence-corrected chi connectivity index (χ2v) is 9.70. The molecule has 2 aromatic rings. The summed E-state index contributed by atoms with van der Waals surface area (Å²) < 4.78 is 25.2. The zero-order valence-electron chi connectivity index (χ0n) is 20.7. The molecule has 3 amide bonds. The van der Waals surface area contributed by atoms with Crippen molar-refractivity contribution in [2.75, 3.05) is 26.2 Å². The number of amides is 3. The Morgan fingerprint density at radius 1 is 1.14 bits per heavy atom. The number of hydrogen-bond donors (Lipinski definition) is 0. The van der Waals surface area contributed by atoms with Crippen LogP contribution in [0.5, 0.6) is 11.5 Å². The summed E-state index contributed by atoms with van der Waals surface area (Å²) in [7, 11) is 0. The third kappa shape index (κ3) is 6.40. The molecule has 2 saturated heterocycles. The topological polar surface area (TPSA) is 76.2 Å². The third-order valence-corrected chi connectivity index (χ3v) is 6.95. The lowest BCUT2D eigenvalue weighted by molar-refractivity contribution is -0.135. The van der Waals surface area contributed by atoms with E-state index in [4.69, 9.17) is 9.47 Å². The van der Waals surface area contributed by atoms with E-state index < -0.39 is 11.1 Å². The molecule has 0 spiro atoms. The first-order valence-electron chi connectivity index (χ1n) is 12.2. The normalized spacial score (nSPS) is 16.5. The van der Waals surface area contributed by atoms with Gasteiger partial charge in [-0.25, -0.2) is 4.39 Å². The Labute approximate surface area is 219 Å². The number of thioether (sulfide) groups is 1. The van der Waals surface area contributed by atoms with Crippen LogP contribution in [0.1, 0.15) is 36.5 Å². The van der Waals surface area contributed by atoms with Gasteiger partial charge in [0, 0.05) is 18.7 Å². The van der Waals surface area contributed by atoms with E-state index in [9.17, 15) is 18.8 Å². The molecule has 0 aliphatic carbocycles. The van der Waals surface area contributed by atoms with Crippen molar-refractivity contribution in [1.29, 1.82) is 0 Å². The summed E-state index contributed by atoms with van der Waals surface area (Å²) in [6, 6.07) is 9.67. The van der Waals surface area contributed by atoms with E-state index in [0.717, 1.165) is 40.6 Å². The maximum atomic E-state index is 13.3. The number of ether oxygens (including phenoxy) is 2. The highest BCUT2D eigenvalue weighted by molar-refractivity contribution is 8.18. The number of nitrogens with zero attached hydrogens (tertiary/aromatic N) is 2. The molecule has 2 heterocycles. The molecule has 9 heteroatoms. The quantitative estimate of drug-likeness (QED) is 0.315. The van der Waals surface area contributed by atoms with Gasteiger partial charge in [0.1, 0.15) is 19.0 Å². The Morgan fingerprint density at radius 2 is 1.86 bits per heavy atom. The van der Waals surface area contributed by atoms with E-state index in [2.05, 4.69) is 6.58 Å². The lowest BCUT2D eigenvalue weighted by atomic mass is 10.0. The summed E-state index contributed by atoms with van der Waals surface area (Å²) in [4.78, 5) is 41.0. The SMILES string of the molecule is C=CCc1cc(/C=C2/SC(=O)N(CC(=O)N3CCCC3)C2=O)cc(OCC)c1OCc1ccc(F)cc1. The molecule has 2 aliphatic rings. The average Bonchev–Trinajstić information content (AvgIpc) is 3.50. The summed E-state index contributed by atoms with van der Waals surface area (Å²) in [6.45, 7) is 7.36. The summed E-state index contributed by atoms with van der Waals surface area (Å²) in [6.07, 6.45) is 5.71. The lowest BCUT2D eigenvalue weighted by Gasteiger charge is -2.18. The van der Waals surface area contributed by atoms with Crippen LogP contribution in [0.4, 0.5) is 9.18 Å². The Kier molecular flexibility index (Phi) is 8.66. The molecule has 0 radical (unpaired) electrons. The van der Waals surface area contributed by atoms with E-state index in [-0.39, 0.29) is 29.8 Å². The molecule has 0 atom stereocenters. The second kappa shape index (κ2) is 12.1. The summed E-state index contributed by atoms with van der Waals surface area (Å²) >= 11 is 0.817. The molecule has 37 heavy (non-hydrogen) atoms. The molecule has 0 bridgehead atoms. The molecule has 194 valence electrons. The molecular formula is C28H29FN2O5S. The standard InChI is InChI=1S/C28H29FN2O5S/c1-3-7-21-14-20(15-23(35-4-2)26(21)36-18-19-8-10-22(29)11-9-19)16-24-27(33)31(28(34)37-24)17-25(32)30-12-5-6-13-30/h3,8-11,14-16H,1,4-7,12-13,17-18H2,2H3/b24-16+. The van der Waals surface area contributed by atoms with Gasteiger partial charge in [-0.1, -0.05) is 18.2 Å². The maximum Gasteiger partial charge on any atom is 0.294 e. The van der Waals surface area contributed by atoms with E-state index >= 15 is 0 Å². The number of carbonyl (C=O) groups is 3. The van der Waals surface area contributed by atoms with Gasteiger partial charge in [0.2, 0.25) is 5.91 Å². The van der Waals surface area contributed by atoms with Crippen molar-refractivity contribution >= 4 is 34.9 Å². The average molecular weight is 525 g/mol. The van der Waals surface area contributed by atoms with Crippen molar-refractivity contribution in [3.05, 3.63) is 76.5 Å². The monoisotopic (exact) mass is 524 g/mol. The minimum Gasteiger partial charge on any atom is -0.490 e. The van der Waals surface area contributed by atoms with E-state index in [0.29, 0.717) is 43.2 Å². The third-order valence-electron chi connectivity index (χ3n) is 6.04. The Morgan fingerprint density at radius 3 is 2.54 bits per heavy atom. The number of rotatable bonds is 10. The predicted molar refractivity (Wildman–Crippen MR) is 141 cm³/mol.